The van der Waals surface area contributed by atoms with E-state index in [1.807, 2.05) is 30.3 Å². The molecular weight excluding hydrogens is 238 g/mol. The summed E-state index contributed by atoms with van der Waals surface area (Å²) in [4.78, 5) is 11.1. The molecule has 1 aliphatic carbocycles. The van der Waals surface area contributed by atoms with Crippen molar-refractivity contribution >= 4 is 11.7 Å². The highest BCUT2D eigenvalue weighted by Crippen LogP contribution is 2.43. The maximum Gasteiger partial charge on any atom is 0.337 e. The molecule has 2 N–H and O–H groups in total. The Kier molecular flexibility index (Phi) is 2.95. The Hall–Kier alpha value is -2.29. The Bertz CT molecular complexity index is 595. The van der Waals surface area contributed by atoms with Crippen LogP contribution in [0.15, 0.2) is 54.6 Å². The summed E-state index contributed by atoms with van der Waals surface area (Å²) < 4.78 is 0. The molecule has 0 amide bonds. The van der Waals surface area contributed by atoms with Crippen LogP contribution in [0.4, 0.5) is 5.69 Å². The highest BCUT2D eigenvalue weighted by atomic mass is 16.4. The second kappa shape index (κ2) is 4.76. The van der Waals surface area contributed by atoms with Gasteiger partial charge in [0.1, 0.15) is 0 Å². The van der Waals surface area contributed by atoms with E-state index < -0.39 is 5.97 Å². The summed E-state index contributed by atoms with van der Waals surface area (Å²) in [5.41, 5.74) is 2.35. The van der Waals surface area contributed by atoms with Crippen LogP contribution >= 0.6 is 0 Å². The van der Waals surface area contributed by atoms with E-state index in [1.54, 1.807) is 12.1 Å². The third-order valence-corrected chi connectivity index (χ3v) is 3.52. The first kappa shape index (κ1) is 11.8. The summed E-state index contributed by atoms with van der Waals surface area (Å²) >= 11 is 0. The van der Waals surface area contributed by atoms with Crippen LogP contribution < -0.4 is 5.32 Å². The van der Waals surface area contributed by atoms with Gasteiger partial charge in [-0.15, -0.1) is 0 Å². The van der Waals surface area contributed by atoms with Gasteiger partial charge >= 0.3 is 5.97 Å². The molecule has 3 heteroatoms. The number of hydrogen-bond acceptors (Lipinski definition) is 2. The smallest absolute Gasteiger partial charge is 0.337 e. The minimum atomic E-state index is -0.889. The maximum atomic E-state index is 11.1. The number of nitrogens with one attached hydrogen (secondary N) is 1. The molecule has 19 heavy (non-hydrogen) atoms. The first-order valence-corrected chi connectivity index (χ1v) is 6.39. The Balaban J connectivity index is 1.73. The second-order valence-electron chi connectivity index (χ2n) is 4.85. The van der Waals surface area contributed by atoms with Gasteiger partial charge in [0.25, 0.3) is 0 Å². The average molecular weight is 253 g/mol. The topological polar surface area (TPSA) is 49.3 Å². The van der Waals surface area contributed by atoms with Gasteiger partial charge in [0.2, 0.25) is 0 Å². The van der Waals surface area contributed by atoms with Crippen LogP contribution in [0.2, 0.25) is 0 Å². The maximum absolute atomic E-state index is 11.1. The zero-order valence-electron chi connectivity index (χ0n) is 10.4. The predicted octanol–water partition coefficient (Wildman–Crippen LogP) is 3.35. The van der Waals surface area contributed by atoms with Crippen LogP contribution in [-0.4, -0.2) is 17.1 Å². The van der Waals surface area contributed by atoms with Crippen LogP contribution in [-0.2, 0) is 0 Å². The van der Waals surface area contributed by atoms with E-state index >= 15 is 0 Å². The van der Waals surface area contributed by atoms with Crippen molar-refractivity contribution in [2.45, 2.75) is 18.4 Å². The van der Waals surface area contributed by atoms with E-state index in [1.165, 1.54) is 5.56 Å². The lowest BCUT2D eigenvalue weighted by Gasteiger charge is -2.09. The normalized spacial score (nSPS) is 20.8. The van der Waals surface area contributed by atoms with Crippen molar-refractivity contribution in [3.63, 3.8) is 0 Å². The van der Waals surface area contributed by atoms with E-state index in [2.05, 4.69) is 17.4 Å². The van der Waals surface area contributed by atoms with Crippen molar-refractivity contribution in [2.24, 2.45) is 0 Å². The SMILES string of the molecule is O=C(O)c1ccccc1NC1CC1c1ccccc1. The van der Waals surface area contributed by atoms with E-state index in [0.29, 0.717) is 23.2 Å². The number of carboxylic acids is 1. The van der Waals surface area contributed by atoms with Crippen LogP contribution in [0.3, 0.4) is 0 Å². The predicted molar refractivity (Wildman–Crippen MR) is 74.6 cm³/mol. The molecule has 0 spiro atoms. The summed E-state index contributed by atoms with van der Waals surface area (Å²) in [6.45, 7) is 0. The fourth-order valence-electron chi connectivity index (χ4n) is 2.42. The van der Waals surface area contributed by atoms with E-state index in [9.17, 15) is 4.79 Å². The zero-order valence-corrected chi connectivity index (χ0v) is 10.4. The molecule has 96 valence electrons. The Labute approximate surface area is 111 Å². The molecule has 2 aromatic carbocycles. The standard InChI is InChI=1S/C16H15NO2/c18-16(19)12-8-4-5-9-14(12)17-15-10-13(15)11-6-2-1-3-7-11/h1-9,13,15,17H,10H2,(H,18,19). The van der Waals surface area contributed by atoms with Crippen LogP contribution in [0.5, 0.6) is 0 Å². The highest BCUT2D eigenvalue weighted by Gasteiger charge is 2.38. The lowest BCUT2D eigenvalue weighted by Crippen LogP contribution is -2.09. The molecule has 2 aromatic rings. The Morgan fingerprint density at radius 1 is 1.05 bits per heavy atom. The number of aromatic carboxylic acids is 1. The van der Waals surface area contributed by atoms with Gasteiger partial charge in [0.15, 0.2) is 0 Å². The van der Waals surface area contributed by atoms with Crippen LogP contribution in [0.1, 0.15) is 28.3 Å². The first-order valence-electron chi connectivity index (χ1n) is 6.39. The van der Waals surface area contributed by atoms with Gasteiger partial charge in [-0.05, 0) is 24.1 Å². The molecule has 2 unspecified atom stereocenters. The number of para-hydroxylation sites is 1. The monoisotopic (exact) mass is 253 g/mol. The average Bonchev–Trinajstić information content (AvgIpc) is 3.19. The third-order valence-electron chi connectivity index (χ3n) is 3.52. The minimum absolute atomic E-state index is 0.334. The van der Waals surface area contributed by atoms with Crippen molar-refractivity contribution in [1.29, 1.82) is 0 Å². The summed E-state index contributed by atoms with van der Waals surface area (Å²) in [7, 11) is 0. The number of anilines is 1. The lowest BCUT2D eigenvalue weighted by atomic mass is 10.1. The molecule has 2 atom stereocenters. The quantitative estimate of drug-likeness (QED) is 0.878. The van der Waals surface area contributed by atoms with Gasteiger partial charge in [-0.3, -0.25) is 0 Å². The third kappa shape index (κ3) is 2.45. The van der Waals surface area contributed by atoms with E-state index in [-0.39, 0.29) is 0 Å². The fourth-order valence-corrected chi connectivity index (χ4v) is 2.42. The summed E-state index contributed by atoms with van der Waals surface area (Å²) in [5.74, 6) is -0.400. The van der Waals surface area contributed by atoms with Crippen molar-refractivity contribution in [2.75, 3.05) is 5.32 Å². The number of carbonyl (C=O) groups is 1. The number of rotatable bonds is 4. The summed E-state index contributed by atoms with van der Waals surface area (Å²) in [6, 6.07) is 17.7. The Morgan fingerprint density at radius 3 is 2.47 bits per heavy atom. The van der Waals surface area contributed by atoms with Gasteiger partial charge < -0.3 is 10.4 Å². The number of hydrogen-bond donors (Lipinski definition) is 2. The summed E-state index contributed by atoms with van der Waals surface area (Å²) in [5, 5.41) is 12.5. The molecule has 3 nitrogen and oxygen atoms in total. The van der Waals surface area contributed by atoms with E-state index in [4.69, 9.17) is 5.11 Å². The Morgan fingerprint density at radius 2 is 1.74 bits per heavy atom. The largest absolute Gasteiger partial charge is 0.478 e. The zero-order chi connectivity index (χ0) is 13.2. The van der Waals surface area contributed by atoms with Gasteiger partial charge in [-0.2, -0.15) is 0 Å². The molecule has 1 aliphatic rings. The minimum Gasteiger partial charge on any atom is -0.478 e. The number of carboxylic acid groups (broad SMARTS) is 1. The molecule has 0 aromatic heterocycles. The van der Waals surface area contributed by atoms with Crippen molar-refractivity contribution in [1.82, 2.24) is 0 Å². The van der Waals surface area contributed by atoms with Crippen molar-refractivity contribution in [3.05, 3.63) is 65.7 Å². The van der Waals surface area contributed by atoms with Gasteiger partial charge in [-0.1, -0.05) is 42.5 Å². The van der Waals surface area contributed by atoms with E-state index in [0.717, 1.165) is 6.42 Å². The van der Waals surface area contributed by atoms with Crippen LogP contribution in [0, 0.1) is 0 Å². The summed E-state index contributed by atoms with van der Waals surface area (Å²) in [6.07, 6.45) is 1.05. The highest BCUT2D eigenvalue weighted by molar-refractivity contribution is 5.94. The molecule has 0 aliphatic heterocycles. The molecule has 3 rings (SSSR count). The van der Waals surface area contributed by atoms with Crippen molar-refractivity contribution < 1.29 is 9.90 Å². The second-order valence-corrected chi connectivity index (χ2v) is 4.85. The molecular formula is C16H15NO2. The van der Waals surface area contributed by atoms with Gasteiger partial charge in [-0.25, -0.2) is 4.79 Å². The molecule has 0 bridgehead atoms. The lowest BCUT2D eigenvalue weighted by molar-refractivity contribution is 0.0698. The fraction of sp³-hybridized carbons (Fsp3) is 0.188. The van der Waals surface area contributed by atoms with Crippen molar-refractivity contribution in [3.8, 4) is 0 Å². The van der Waals surface area contributed by atoms with Gasteiger partial charge in [0, 0.05) is 17.6 Å². The first-order chi connectivity index (χ1) is 9.25. The molecule has 0 heterocycles. The molecule has 1 saturated carbocycles. The molecule has 0 saturated heterocycles. The van der Waals surface area contributed by atoms with Gasteiger partial charge in [0.05, 0.1) is 5.56 Å². The molecule has 1 fully saturated rings. The number of benzene rings is 2. The molecule has 0 radical (unpaired) electrons. The van der Waals surface area contributed by atoms with Crippen LogP contribution in [0.25, 0.3) is 0 Å².